The Morgan fingerprint density at radius 3 is 2.33 bits per heavy atom. The predicted molar refractivity (Wildman–Crippen MR) is 31.4 cm³/mol. The van der Waals surface area contributed by atoms with Gasteiger partial charge in [-0.3, -0.25) is 9.89 Å². The number of hydrogen-bond acceptors (Lipinski definition) is 3. The van der Waals surface area contributed by atoms with E-state index in [-0.39, 0.29) is 0 Å². The number of aromatic nitrogens is 3. The largest absolute Gasteiger partial charge is 0.451 e. The molecule has 0 atom stereocenters. The lowest BCUT2D eigenvalue weighted by atomic mass is 10.4. The summed E-state index contributed by atoms with van der Waals surface area (Å²) in [4.78, 5) is 13.4. The number of Topliss-reactive ketones (excluding diaryl/α,β-unsaturated/α-hetero) is 1. The molecule has 0 saturated carbocycles. The van der Waals surface area contributed by atoms with Crippen molar-refractivity contribution < 1.29 is 18.0 Å². The topological polar surface area (TPSA) is 58.6 Å². The van der Waals surface area contributed by atoms with Crippen LogP contribution in [0.25, 0.3) is 0 Å². The Balaban J connectivity index is 3.00. The molecule has 0 fully saturated rings. The van der Waals surface area contributed by atoms with Crippen LogP contribution in [0.2, 0.25) is 0 Å². The summed E-state index contributed by atoms with van der Waals surface area (Å²) in [6.07, 6.45) is -4.58. The van der Waals surface area contributed by atoms with Crippen LogP contribution in [0.15, 0.2) is 0 Å². The first-order valence-corrected chi connectivity index (χ1v) is 2.92. The van der Waals surface area contributed by atoms with Crippen LogP contribution in [0.4, 0.5) is 13.2 Å². The van der Waals surface area contributed by atoms with E-state index in [9.17, 15) is 18.0 Å². The van der Waals surface area contributed by atoms with Gasteiger partial charge in [0.2, 0.25) is 11.6 Å². The van der Waals surface area contributed by atoms with E-state index < -0.39 is 23.6 Å². The number of carbonyl (C=O) groups is 1. The lowest BCUT2D eigenvalue weighted by Crippen LogP contribution is -2.07. The van der Waals surface area contributed by atoms with Crippen molar-refractivity contribution in [1.82, 2.24) is 15.2 Å². The van der Waals surface area contributed by atoms with Crippen molar-refractivity contribution in [2.24, 2.45) is 0 Å². The molecule has 66 valence electrons. The molecule has 0 aliphatic heterocycles. The fourth-order valence-electron chi connectivity index (χ4n) is 0.546. The molecule has 7 heteroatoms. The second kappa shape index (κ2) is 2.58. The zero-order chi connectivity index (χ0) is 9.35. The maximum Gasteiger partial charge on any atom is 0.451 e. The lowest BCUT2D eigenvalue weighted by Gasteiger charge is -1.97. The molecule has 0 aliphatic carbocycles. The summed E-state index contributed by atoms with van der Waals surface area (Å²) in [5.74, 6) is -2.32. The van der Waals surface area contributed by atoms with Crippen LogP contribution in [0, 0.1) is 0 Å². The third-order valence-electron chi connectivity index (χ3n) is 1.07. The molecule has 1 rings (SSSR count). The highest BCUT2D eigenvalue weighted by Crippen LogP contribution is 2.25. The van der Waals surface area contributed by atoms with Gasteiger partial charge < -0.3 is 0 Å². The molecule has 12 heavy (non-hydrogen) atoms. The van der Waals surface area contributed by atoms with Crippen molar-refractivity contribution in [2.75, 3.05) is 0 Å². The molecule has 1 aromatic rings. The van der Waals surface area contributed by atoms with Gasteiger partial charge in [-0.1, -0.05) is 0 Å². The average molecular weight is 179 g/mol. The Hall–Kier alpha value is -1.40. The molecule has 0 unspecified atom stereocenters. The van der Waals surface area contributed by atoms with Gasteiger partial charge in [0.25, 0.3) is 0 Å². The van der Waals surface area contributed by atoms with Crippen LogP contribution < -0.4 is 0 Å². The first-order chi connectivity index (χ1) is 5.41. The number of halogens is 3. The Bertz CT molecular complexity index is 303. The number of nitrogens with one attached hydrogen (secondary N) is 1. The standard InChI is InChI=1S/C5H4F3N3O/c1-2(12)3-9-4(11-10-3)5(6,7)8/h1H3,(H,9,10,11). The number of aromatic amines is 1. The number of hydrogen-bond donors (Lipinski definition) is 1. The van der Waals surface area contributed by atoms with E-state index in [4.69, 9.17) is 0 Å². The lowest BCUT2D eigenvalue weighted by molar-refractivity contribution is -0.144. The van der Waals surface area contributed by atoms with Gasteiger partial charge in [0.05, 0.1) is 0 Å². The Labute approximate surface area is 64.8 Å². The quantitative estimate of drug-likeness (QED) is 0.655. The van der Waals surface area contributed by atoms with E-state index in [0.29, 0.717) is 0 Å². The molecule has 0 bridgehead atoms. The monoisotopic (exact) mass is 179 g/mol. The molecule has 1 aromatic heterocycles. The van der Waals surface area contributed by atoms with E-state index in [0.717, 1.165) is 6.92 Å². The first-order valence-electron chi connectivity index (χ1n) is 2.92. The van der Waals surface area contributed by atoms with E-state index in [1.807, 2.05) is 0 Å². The van der Waals surface area contributed by atoms with Crippen molar-refractivity contribution in [1.29, 1.82) is 0 Å². The summed E-state index contributed by atoms with van der Waals surface area (Å²) in [5.41, 5.74) is 0. The molecule has 4 nitrogen and oxygen atoms in total. The molecule has 0 saturated heterocycles. The number of ketones is 1. The zero-order valence-electron chi connectivity index (χ0n) is 5.94. The van der Waals surface area contributed by atoms with Gasteiger partial charge in [0, 0.05) is 6.92 Å². The minimum Gasteiger partial charge on any atom is -0.291 e. The summed E-state index contributed by atoms with van der Waals surface area (Å²) < 4.78 is 35.5. The summed E-state index contributed by atoms with van der Waals surface area (Å²) in [5, 5.41) is 4.70. The fraction of sp³-hybridized carbons (Fsp3) is 0.400. The van der Waals surface area contributed by atoms with E-state index >= 15 is 0 Å². The van der Waals surface area contributed by atoms with Crippen LogP contribution in [0.1, 0.15) is 23.4 Å². The Morgan fingerprint density at radius 2 is 2.08 bits per heavy atom. The highest BCUT2D eigenvalue weighted by Gasteiger charge is 2.35. The van der Waals surface area contributed by atoms with E-state index in [1.54, 1.807) is 5.10 Å². The predicted octanol–water partition coefficient (Wildman–Crippen LogP) is 1.03. The molecule has 1 N–H and O–H groups in total. The van der Waals surface area contributed by atoms with Gasteiger partial charge >= 0.3 is 6.18 Å². The highest BCUT2D eigenvalue weighted by atomic mass is 19.4. The van der Waals surface area contributed by atoms with Crippen LogP contribution in [0.5, 0.6) is 0 Å². The maximum absolute atomic E-state index is 11.8. The summed E-state index contributed by atoms with van der Waals surface area (Å²) in [6, 6.07) is 0. The normalized spacial score (nSPS) is 11.7. The van der Waals surface area contributed by atoms with Crippen molar-refractivity contribution >= 4 is 5.78 Å². The molecule has 0 aliphatic rings. The number of alkyl halides is 3. The van der Waals surface area contributed by atoms with Gasteiger partial charge in [0.15, 0.2) is 5.78 Å². The van der Waals surface area contributed by atoms with Gasteiger partial charge in [0.1, 0.15) is 0 Å². The fourth-order valence-corrected chi connectivity index (χ4v) is 0.546. The minimum absolute atomic E-state index is 0.456. The van der Waals surface area contributed by atoms with Crippen LogP contribution in [-0.4, -0.2) is 21.0 Å². The first kappa shape index (κ1) is 8.69. The summed E-state index contributed by atoms with van der Waals surface area (Å²) >= 11 is 0. The zero-order valence-corrected chi connectivity index (χ0v) is 5.94. The number of H-pyrrole nitrogens is 1. The molecule has 0 amide bonds. The number of carbonyl (C=O) groups excluding carboxylic acids is 1. The van der Waals surface area contributed by atoms with Crippen molar-refractivity contribution in [2.45, 2.75) is 13.1 Å². The third-order valence-corrected chi connectivity index (χ3v) is 1.07. The number of rotatable bonds is 1. The van der Waals surface area contributed by atoms with Crippen molar-refractivity contribution in [3.05, 3.63) is 11.6 Å². The van der Waals surface area contributed by atoms with E-state index in [1.165, 1.54) is 0 Å². The molecular formula is C5H4F3N3O. The van der Waals surface area contributed by atoms with Gasteiger partial charge in [-0.25, -0.2) is 4.98 Å². The van der Waals surface area contributed by atoms with E-state index in [2.05, 4.69) is 10.1 Å². The van der Waals surface area contributed by atoms with Crippen molar-refractivity contribution in [3.63, 3.8) is 0 Å². The number of nitrogens with zero attached hydrogens (tertiary/aromatic N) is 2. The molecule has 0 aromatic carbocycles. The SMILES string of the molecule is CC(=O)c1n[nH]c(C(F)(F)F)n1. The van der Waals surface area contributed by atoms with Gasteiger partial charge in [-0.05, 0) is 0 Å². The molecular weight excluding hydrogens is 175 g/mol. The maximum atomic E-state index is 11.8. The average Bonchev–Trinajstić information content (AvgIpc) is 2.30. The highest BCUT2D eigenvalue weighted by molar-refractivity contribution is 5.90. The molecule has 0 radical (unpaired) electrons. The van der Waals surface area contributed by atoms with Crippen LogP contribution >= 0.6 is 0 Å². The van der Waals surface area contributed by atoms with Crippen LogP contribution in [-0.2, 0) is 6.18 Å². The third kappa shape index (κ3) is 1.60. The van der Waals surface area contributed by atoms with Crippen molar-refractivity contribution in [3.8, 4) is 0 Å². The summed E-state index contributed by atoms with van der Waals surface area (Å²) in [7, 11) is 0. The van der Waals surface area contributed by atoms with Gasteiger partial charge in [-0.2, -0.15) is 13.2 Å². The summed E-state index contributed by atoms with van der Waals surface area (Å²) in [6.45, 7) is 1.09. The molecule has 0 spiro atoms. The van der Waals surface area contributed by atoms with Crippen LogP contribution in [0.3, 0.4) is 0 Å². The molecule has 1 heterocycles. The smallest absolute Gasteiger partial charge is 0.291 e. The Kier molecular flexibility index (Phi) is 1.87. The Morgan fingerprint density at radius 1 is 1.50 bits per heavy atom. The van der Waals surface area contributed by atoms with Gasteiger partial charge in [-0.15, -0.1) is 5.10 Å². The second-order valence-electron chi connectivity index (χ2n) is 2.06. The minimum atomic E-state index is -4.58. The second-order valence-corrected chi connectivity index (χ2v) is 2.06.